The van der Waals surface area contributed by atoms with Crippen LogP contribution in [0, 0.1) is 0 Å². The third-order valence-electron chi connectivity index (χ3n) is 2.79. The molecular formula is C13H16NP. The maximum Gasteiger partial charge on any atom is 0.0477 e. The average molecular weight is 217 g/mol. The Morgan fingerprint density at radius 1 is 1.53 bits per heavy atom. The van der Waals surface area contributed by atoms with E-state index in [0.29, 0.717) is 0 Å². The number of fused-ring (bicyclic) bond motifs is 1. The minimum atomic E-state index is 1.01. The van der Waals surface area contributed by atoms with Crippen LogP contribution in [-0.4, -0.2) is 6.54 Å². The number of hydrogen-bond donors (Lipinski definition) is 0. The first-order valence-corrected chi connectivity index (χ1v) is 5.74. The Balaban J connectivity index is 2.49. The van der Waals surface area contributed by atoms with E-state index >= 15 is 0 Å². The van der Waals surface area contributed by atoms with Gasteiger partial charge in [0, 0.05) is 12.2 Å². The van der Waals surface area contributed by atoms with Crippen molar-refractivity contribution in [1.82, 2.24) is 0 Å². The van der Waals surface area contributed by atoms with Crippen LogP contribution < -0.4 is 4.67 Å². The predicted molar refractivity (Wildman–Crippen MR) is 71.9 cm³/mol. The van der Waals surface area contributed by atoms with Gasteiger partial charge in [0.15, 0.2) is 0 Å². The van der Waals surface area contributed by atoms with Crippen LogP contribution in [-0.2, 0) is 0 Å². The van der Waals surface area contributed by atoms with Gasteiger partial charge >= 0.3 is 0 Å². The molecule has 1 heterocycles. The number of rotatable bonds is 2. The molecule has 0 aromatic heterocycles. The first-order valence-electron chi connectivity index (χ1n) is 5.22. The fourth-order valence-corrected chi connectivity index (χ4v) is 2.30. The summed E-state index contributed by atoms with van der Waals surface area (Å²) in [6.45, 7) is 7.01. The van der Waals surface area contributed by atoms with E-state index in [2.05, 4.69) is 51.8 Å². The maximum atomic E-state index is 3.80. The van der Waals surface area contributed by atoms with Crippen LogP contribution in [0.1, 0.15) is 24.5 Å². The summed E-state index contributed by atoms with van der Waals surface area (Å²) in [6.07, 6.45) is 5.30. The predicted octanol–water partition coefficient (Wildman–Crippen LogP) is 3.73. The highest BCUT2D eigenvalue weighted by atomic mass is 31.0. The largest absolute Gasteiger partial charge is 0.351 e. The quantitative estimate of drug-likeness (QED) is 0.682. The molecule has 2 rings (SSSR count). The van der Waals surface area contributed by atoms with E-state index < -0.39 is 0 Å². The van der Waals surface area contributed by atoms with E-state index in [1.807, 2.05) is 6.08 Å². The molecule has 0 aliphatic carbocycles. The van der Waals surface area contributed by atoms with Gasteiger partial charge in [-0.2, -0.15) is 0 Å². The van der Waals surface area contributed by atoms with Gasteiger partial charge in [0.2, 0.25) is 0 Å². The van der Waals surface area contributed by atoms with Crippen LogP contribution in [0.3, 0.4) is 0 Å². The Hall–Kier alpha value is -1.07. The summed E-state index contributed by atoms with van der Waals surface area (Å²) >= 11 is 0. The minimum absolute atomic E-state index is 1.01. The molecule has 0 radical (unpaired) electrons. The molecule has 1 aliphatic heterocycles. The highest BCUT2D eigenvalue weighted by molar-refractivity contribution is 7.19. The highest BCUT2D eigenvalue weighted by Gasteiger charge is 2.13. The Morgan fingerprint density at radius 2 is 2.33 bits per heavy atom. The Bertz CT molecular complexity index is 421. The van der Waals surface area contributed by atoms with Crippen LogP contribution in [0.5, 0.6) is 0 Å². The fraction of sp³-hybridized carbons (Fsp3) is 0.231. The zero-order valence-corrected chi connectivity index (χ0v) is 10.2. The minimum Gasteiger partial charge on any atom is -0.351 e. The molecule has 0 amide bonds. The normalized spacial score (nSPS) is 14.5. The lowest BCUT2D eigenvalue weighted by Crippen LogP contribution is -2.17. The average Bonchev–Trinajstić information content (AvgIpc) is 2.28. The fourth-order valence-electron chi connectivity index (χ4n) is 1.84. The summed E-state index contributed by atoms with van der Waals surface area (Å²) in [6, 6.07) is 6.45. The summed E-state index contributed by atoms with van der Waals surface area (Å²) in [7, 11) is 2.79. The van der Waals surface area contributed by atoms with Crippen LogP contribution >= 0.6 is 9.39 Å². The van der Waals surface area contributed by atoms with Gasteiger partial charge in [-0.25, -0.2) is 0 Å². The van der Waals surface area contributed by atoms with Gasteiger partial charge in [-0.1, -0.05) is 43.4 Å². The Kier molecular flexibility index (Phi) is 2.93. The molecule has 1 aromatic rings. The molecule has 0 fully saturated rings. The van der Waals surface area contributed by atoms with Crippen molar-refractivity contribution >= 4 is 27.2 Å². The van der Waals surface area contributed by atoms with E-state index in [4.69, 9.17) is 0 Å². The number of benzene rings is 1. The number of hydrogen-bond acceptors (Lipinski definition) is 1. The standard InChI is InChI=1S/C13H16NP/c1-3-10-5-6-12-7-11(4-2)9-14(15)13(12)8-10/h3,5-8H,1,4,9,15H2,2H3. The van der Waals surface area contributed by atoms with Crippen LogP contribution in [0.2, 0.25) is 0 Å². The second-order valence-electron chi connectivity index (χ2n) is 3.81. The number of nitrogens with zero attached hydrogens (tertiary/aromatic N) is 1. The monoisotopic (exact) mass is 217 g/mol. The van der Waals surface area contributed by atoms with E-state index in [-0.39, 0.29) is 0 Å². The van der Waals surface area contributed by atoms with Crippen molar-refractivity contribution in [1.29, 1.82) is 0 Å². The number of anilines is 1. The summed E-state index contributed by atoms with van der Waals surface area (Å²) in [5.41, 5.74) is 5.23. The molecule has 0 spiro atoms. The summed E-state index contributed by atoms with van der Waals surface area (Å²) < 4.78 is 2.22. The van der Waals surface area contributed by atoms with Crippen molar-refractivity contribution < 1.29 is 0 Å². The van der Waals surface area contributed by atoms with Gasteiger partial charge in [0.25, 0.3) is 0 Å². The molecule has 1 aromatic carbocycles. The molecule has 0 bridgehead atoms. The van der Waals surface area contributed by atoms with E-state index in [1.54, 1.807) is 0 Å². The van der Waals surface area contributed by atoms with E-state index in [1.165, 1.54) is 22.4 Å². The van der Waals surface area contributed by atoms with Crippen molar-refractivity contribution in [3.63, 3.8) is 0 Å². The molecule has 15 heavy (non-hydrogen) atoms. The lowest BCUT2D eigenvalue weighted by molar-refractivity contribution is 1.00. The van der Waals surface area contributed by atoms with Crippen molar-refractivity contribution in [3.05, 3.63) is 41.5 Å². The molecule has 0 saturated heterocycles. The van der Waals surface area contributed by atoms with Gasteiger partial charge in [-0.3, -0.25) is 0 Å². The van der Waals surface area contributed by atoms with Gasteiger partial charge in [0.05, 0.1) is 0 Å². The first kappa shape index (κ1) is 10.4. The molecule has 0 N–H and O–H groups in total. The third kappa shape index (κ3) is 1.98. The molecular weight excluding hydrogens is 201 g/mol. The second kappa shape index (κ2) is 4.20. The molecule has 1 nitrogen and oxygen atoms in total. The summed E-state index contributed by atoms with van der Waals surface area (Å²) in [5.74, 6) is 0. The van der Waals surface area contributed by atoms with Crippen molar-refractivity contribution in [2.75, 3.05) is 11.2 Å². The molecule has 2 heteroatoms. The zero-order chi connectivity index (χ0) is 10.8. The van der Waals surface area contributed by atoms with Crippen LogP contribution in [0.15, 0.2) is 30.4 Å². The van der Waals surface area contributed by atoms with E-state index in [9.17, 15) is 0 Å². The SMILES string of the molecule is C=Cc1ccc2c(c1)N(P)CC(CC)=C2. The van der Waals surface area contributed by atoms with E-state index in [0.717, 1.165) is 13.0 Å². The zero-order valence-electron chi connectivity index (χ0n) is 9.03. The molecule has 78 valence electrons. The molecule has 0 saturated carbocycles. The lowest BCUT2D eigenvalue weighted by Gasteiger charge is -2.27. The van der Waals surface area contributed by atoms with Crippen LogP contribution in [0.4, 0.5) is 5.69 Å². The molecule has 1 aliphatic rings. The summed E-state index contributed by atoms with van der Waals surface area (Å²) in [5, 5.41) is 0. The maximum absolute atomic E-state index is 3.80. The topological polar surface area (TPSA) is 3.24 Å². The molecule has 1 atom stereocenters. The highest BCUT2D eigenvalue weighted by Crippen LogP contribution is 2.32. The second-order valence-corrected chi connectivity index (χ2v) is 4.43. The summed E-state index contributed by atoms with van der Waals surface area (Å²) in [4.78, 5) is 0. The lowest BCUT2D eigenvalue weighted by atomic mass is 10.0. The first-order chi connectivity index (χ1) is 7.24. The van der Waals surface area contributed by atoms with Crippen molar-refractivity contribution in [2.45, 2.75) is 13.3 Å². The van der Waals surface area contributed by atoms with Gasteiger partial charge in [0.1, 0.15) is 0 Å². The van der Waals surface area contributed by atoms with Gasteiger partial charge in [-0.05, 0) is 33.0 Å². The smallest absolute Gasteiger partial charge is 0.0477 e. The van der Waals surface area contributed by atoms with Crippen molar-refractivity contribution in [2.24, 2.45) is 0 Å². The van der Waals surface area contributed by atoms with Crippen LogP contribution in [0.25, 0.3) is 12.2 Å². The van der Waals surface area contributed by atoms with Gasteiger partial charge < -0.3 is 4.67 Å². The molecule has 1 unspecified atom stereocenters. The third-order valence-corrected chi connectivity index (χ3v) is 3.25. The Morgan fingerprint density at radius 3 is 3.00 bits per heavy atom. The Labute approximate surface area is 93.7 Å². The van der Waals surface area contributed by atoms with Crippen molar-refractivity contribution in [3.8, 4) is 0 Å². The van der Waals surface area contributed by atoms with Gasteiger partial charge in [-0.15, -0.1) is 0 Å².